The van der Waals surface area contributed by atoms with Crippen LogP contribution in [0.3, 0.4) is 0 Å². The average molecular weight is 259 g/mol. The topological polar surface area (TPSA) is 70.3 Å². The first-order chi connectivity index (χ1) is 8.23. The van der Waals surface area contributed by atoms with Gasteiger partial charge in [0.05, 0.1) is 18.1 Å². The zero-order chi connectivity index (χ0) is 13.9. The van der Waals surface area contributed by atoms with Crippen molar-refractivity contribution in [1.29, 1.82) is 5.26 Å². The number of nitriles is 1. The lowest BCUT2D eigenvalue weighted by molar-refractivity contribution is -0.274. The van der Waals surface area contributed by atoms with Crippen LogP contribution in [0.15, 0.2) is 12.1 Å². The van der Waals surface area contributed by atoms with E-state index in [0.717, 1.165) is 6.07 Å². The SMILES string of the molecule is Cc1cc(CC(=O)O)c(C#N)cc1OC(F)(F)F. The maximum atomic E-state index is 12.1. The quantitative estimate of drug-likeness (QED) is 0.904. The molecular formula is C11H8F3NO3. The summed E-state index contributed by atoms with van der Waals surface area (Å²) in [5, 5.41) is 17.4. The molecule has 0 aliphatic rings. The molecule has 0 unspecified atom stereocenters. The fourth-order valence-corrected chi connectivity index (χ4v) is 1.40. The fourth-order valence-electron chi connectivity index (χ4n) is 1.40. The molecule has 1 aromatic carbocycles. The van der Waals surface area contributed by atoms with Crippen molar-refractivity contribution in [1.82, 2.24) is 0 Å². The van der Waals surface area contributed by atoms with Crippen LogP contribution in [0, 0.1) is 18.3 Å². The summed E-state index contributed by atoms with van der Waals surface area (Å²) < 4.78 is 39.9. The summed E-state index contributed by atoms with van der Waals surface area (Å²) in [7, 11) is 0. The number of rotatable bonds is 3. The minimum Gasteiger partial charge on any atom is -0.481 e. The number of hydrogen-bond donors (Lipinski definition) is 1. The first-order valence-electron chi connectivity index (χ1n) is 4.74. The van der Waals surface area contributed by atoms with E-state index in [1.807, 2.05) is 0 Å². The highest BCUT2D eigenvalue weighted by Gasteiger charge is 2.32. The average Bonchev–Trinajstić information content (AvgIpc) is 2.19. The van der Waals surface area contributed by atoms with Crippen molar-refractivity contribution in [3.05, 3.63) is 28.8 Å². The number of aryl methyl sites for hydroxylation is 1. The van der Waals surface area contributed by atoms with Crippen LogP contribution < -0.4 is 4.74 Å². The third-order valence-electron chi connectivity index (χ3n) is 2.09. The Morgan fingerprint density at radius 1 is 1.50 bits per heavy atom. The fraction of sp³-hybridized carbons (Fsp3) is 0.273. The summed E-state index contributed by atoms with van der Waals surface area (Å²) in [4.78, 5) is 10.5. The number of carboxylic acids is 1. The normalized spacial score (nSPS) is 10.8. The van der Waals surface area contributed by atoms with Crippen molar-refractivity contribution in [2.24, 2.45) is 0 Å². The molecule has 0 aliphatic heterocycles. The minimum absolute atomic E-state index is 0.113. The van der Waals surface area contributed by atoms with Crippen molar-refractivity contribution >= 4 is 5.97 Å². The van der Waals surface area contributed by atoms with Crippen LogP contribution >= 0.6 is 0 Å². The van der Waals surface area contributed by atoms with Crippen molar-refractivity contribution in [2.45, 2.75) is 19.7 Å². The number of carboxylic acid groups (broad SMARTS) is 1. The van der Waals surface area contributed by atoms with Crippen LogP contribution in [0.2, 0.25) is 0 Å². The Kier molecular flexibility index (Phi) is 3.81. The van der Waals surface area contributed by atoms with E-state index in [2.05, 4.69) is 4.74 Å². The third-order valence-corrected chi connectivity index (χ3v) is 2.09. The lowest BCUT2D eigenvalue weighted by Crippen LogP contribution is -2.18. The van der Waals surface area contributed by atoms with Crippen molar-refractivity contribution in [2.75, 3.05) is 0 Å². The summed E-state index contributed by atoms with van der Waals surface area (Å²) >= 11 is 0. The van der Waals surface area contributed by atoms with Crippen LogP contribution in [-0.4, -0.2) is 17.4 Å². The maximum Gasteiger partial charge on any atom is 0.573 e. The van der Waals surface area contributed by atoms with Gasteiger partial charge in [-0.15, -0.1) is 13.2 Å². The molecule has 0 aliphatic carbocycles. The van der Waals surface area contributed by atoms with Crippen LogP contribution in [0.25, 0.3) is 0 Å². The molecule has 0 spiro atoms. The van der Waals surface area contributed by atoms with Crippen LogP contribution in [0.1, 0.15) is 16.7 Å². The number of hydrogen-bond acceptors (Lipinski definition) is 3. The molecule has 1 rings (SSSR count). The van der Waals surface area contributed by atoms with Gasteiger partial charge in [0.15, 0.2) is 0 Å². The molecule has 1 aromatic rings. The predicted molar refractivity (Wildman–Crippen MR) is 53.9 cm³/mol. The van der Waals surface area contributed by atoms with Gasteiger partial charge < -0.3 is 9.84 Å². The van der Waals surface area contributed by atoms with Gasteiger partial charge in [0.1, 0.15) is 5.75 Å². The summed E-state index contributed by atoms with van der Waals surface area (Å²) in [6.45, 7) is 1.34. The van der Waals surface area contributed by atoms with Crippen molar-refractivity contribution in [3.8, 4) is 11.8 Å². The molecule has 1 N–H and O–H groups in total. The van der Waals surface area contributed by atoms with Crippen LogP contribution in [0.5, 0.6) is 5.75 Å². The highest BCUT2D eigenvalue weighted by atomic mass is 19.4. The number of ether oxygens (including phenoxy) is 1. The number of nitrogens with zero attached hydrogens (tertiary/aromatic N) is 1. The number of aliphatic carboxylic acids is 1. The summed E-state index contributed by atoms with van der Waals surface area (Å²) in [5.41, 5.74) is 0.113. The monoisotopic (exact) mass is 259 g/mol. The molecule has 0 radical (unpaired) electrons. The molecule has 18 heavy (non-hydrogen) atoms. The first kappa shape index (κ1) is 13.8. The van der Waals surface area contributed by atoms with E-state index in [0.29, 0.717) is 0 Å². The van der Waals surface area contributed by atoms with Gasteiger partial charge in [0.25, 0.3) is 0 Å². The summed E-state index contributed by atoms with van der Waals surface area (Å²) in [6.07, 6.45) is -5.29. The molecule has 7 heteroatoms. The Morgan fingerprint density at radius 3 is 2.56 bits per heavy atom. The van der Waals surface area contributed by atoms with Gasteiger partial charge in [-0.2, -0.15) is 5.26 Å². The standard InChI is InChI=1S/C11H8F3NO3/c1-6-2-7(4-10(16)17)8(5-15)3-9(6)18-11(12,13)14/h2-3H,4H2,1H3,(H,16,17). The Morgan fingerprint density at radius 2 is 2.11 bits per heavy atom. The van der Waals surface area contributed by atoms with Gasteiger partial charge in [0, 0.05) is 0 Å². The zero-order valence-corrected chi connectivity index (χ0v) is 9.21. The molecule has 0 heterocycles. The van der Waals surface area contributed by atoms with Gasteiger partial charge in [-0.1, -0.05) is 6.07 Å². The molecular weight excluding hydrogens is 251 g/mol. The largest absolute Gasteiger partial charge is 0.573 e. The van der Waals surface area contributed by atoms with Gasteiger partial charge in [0.2, 0.25) is 0 Å². The predicted octanol–water partition coefficient (Wildman–Crippen LogP) is 2.39. The maximum absolute atomic E-state index is 12.1. The molecule has 4 nitrogen and oxygen atoms in total. The second-order valence-corrected chi connectivity index (χ2v) is 3.50. The Bertz CT molecular complexity index is 517. The van der Waals surface area contributed by atoms with Crippen LogP contribution in [0.4, 0.5) is 13.2 Å². The number of benzene rings is 1. The van der Waals surface area contributed by atoms with Gasteiger partial charge in [-0.25, -0.2) is 0 Å². The molecule has 0 saturated heterocycles. The lowest BCUT2D eigenvalue weighted by atomic mass is 10.0. The third kappa shape index (κ3) is 3.66. The zero-order valence-electron chi connectivity index (χ0n) is 9.21. The second-order valence-electron chi connectivity index (χ2n) is 3.50. The van der Waals surface area contributed by atoms with Crippen molar-refractivity contribution < 1.29 is 27.8 Å². The molecule has 0 saturated carbocycles. The second kappa shape index (κ2) is 4.96. The summed E-state index contributed by atoms with van der Waals surface area (Å²) in [6, 6.07) is 3.74. The first-order valence-corrected chi connectivity index (χ1v) is 4.74. The van der Waals surface area contributed by atoms with E-state index in [4.69, 9.17) is 10.4 Å². The van der Waals surface area contributed by atoms with Crippen LogP contribution in [-0.2, 0) is 11.2 Å². The highest BCUT2D eigenvalue weighted by molar-refractivity contribution is 5.71. The molecule has 0 amide bonds. The minimum atomic E-state index is -4.86. The molecule has 0 aromatic heterocycles. The van der Waals surface area contributed by atoms with E-state index >= 15 is 0 Å². The number of halogens is 3. The molecule has 0 fully saturated rings. The number of carbonyl (C=O) groups is 1. The van der Waals surface area contributed by atoms with Crippen molar-refractivity contribution in [3.63, 3.8) is 0 Å². The van der Waals surface area contributed by atoms with E-state index < -0.39 is 24.5 Å². The Labute approximate surface area is 100 Å². The lowest BCUT2D eigenvalue weighted by Gasteiger charge is -2.13. The Hall–Kier alpha value is -2.23. The van der Waals surface area contributed by atoms with E-state index in [1.54, 1.807) is 6.07 Å². The number of alkyl halides is 3. The molecule has 0 atom stereocenters. The van der Waals surface area contributed by atoms with Gasteiger partial charge >= 0.3 is 12.3 Å². The highest BCUT2D eigenvalue weighted by Crippen LogP contribution is 2.28. The smallest absolute Gasteiger partial charge is 0.481 e. The van der Waals surface area contributed by atoms with E-state index in [9.17, 15) is 18.0 Å². The molecule has 96 valence electrons. The molecule has 0 bridgehead atoms. The summed E-state index contributed by atoms with van der Waals surface area (Å²) in [5.74, 6) is -1.68. The Balaban J connectivity index is 3.19. The van der Waals surface area contributed by atoms with E-state index in [-0.39, 0.29) is 16.7 Å². The van der Waals surface area contributed by atoms with Gasteiger partial charge in [-0.05, 0) is 24.1 Å². The van der Waals surface area contributed by atoms with E-state index in [1.165, 1.54) is 13.0 Å². The van der Waals surface area contributed by atoms with Gasteiger partial charge in [-0.3, -0.25) is 4.79 Å².